The summed E-state index contributed by atoms with van der Waals surface area (Å²) in [6.45, 7) is 5.46. The van der Waals surface area contributed by atoms with Crippen molar-refractivity contribution in [1.29, 1.82) is 0 Å². The molecule has 0 aliphatic carbocycles. The third-order valence-electron chi connectivity index (χ3n) is 4.26. The molecule has 2 aromatic rings. The van der Waals surface area contributed by atoms with Crippen LogP contribution in [0, 0.1) is 24.0 Å². The molecule has 0 saturated carbocycles. The first kappa shape index (κ1) is 21.4. The van der Waals surface area contributed by atoms with Crippen LogP contribution < -0.4 is 9.62 Å². The van der Waals surface area contributed by atoms with E-state index in [0.29, 0.717) is 5.69 Å². The standard InChI is InChI=1S/C19H23N3O5S/c1-5-18(19(23)20-17-10-9-13(2)11-14(17)3)21(28(4,26)27)15-7-6-8-16(12-15)22(24)25/h6-12,18H,5H2,1-4H3,(H,20,23)/t18-/m1/s1. The zero-order chi connectivity index (χ0) is 21.1. The van der Waals surface area contributed by atoms with Gasteiger partial charge in [0.2, 0.25) is 15.9 Å². The van der Waals surface area contributed by atoms with Crippen molar-refractivity contribution in [3.63, 3.8) is 0 Å². The number of carbonyl (C=O) groups excluding carboxylic acids is 1. The number of nitro benzene ring substituents is 1. The van der Waals surface area contributed by atoms with Gasteiger partial charge in [0.15, 0.2) is 0 Å². The number of non-ortho nitro benzene ring substituents is 1. The molecule has 28 heavy (non-hydrogen) atoms. The summed E-state index contributed by atoms with van der Waals surface area (Å²) in [5.74, 6) is -0.508. The van der Waals surface area contributed by atoms with Gasteiger partial charge in [0.05, 0.1) is 16.9 Å². The van der Waals surface area contributed by atoms with E-state index in [0.717, 1.165) is 27.8 Å². The number of sulfonamides is 1. The van der Waals surface area contributed by atoms with Gasteiger partial charge in [-0.1, -0.05) is 30.7 Å². The molecule has 0 unspecified atom stereocenters. The van der Waals surface area contributed by atoms with Crippen LogP contribution in [0.2, 0.25) is 0 Å². The zero-order valence-corrected chi connectivity index (χ0v) is 17.0. The van der Waals surface area contributed by atoms with Gasteiger partial charge < -0.3 is 5.32 Å². The molecule has 0 aromatic heterocycles. The maximum absolute atomic E-state index is 12.9. The largest absolute Gasteiger partial charge is 0.324 e. The van der Waals surface area contributed by atoms with E-state index in [-0.39, 0.29) is 17.8 Å². The molecule has 0 heterocycles. The van der Waals surface area contributed by atoms with Crippen LogP contribution in [0.15, 0.2) is 42.5 Å². The number of benzene rings is 2. The summed E-state index contributed by atoms with van der Waals surface area (Å²) in [7, 11) is -3.88. The number of hydrogen-bond donors (Lipinski definition) is 1. The van der Waals surface area contributed by atoms with Crippen LogP contribution in [0.3, 0.4) is 0 Å². The summed E-state index contributed by atoms with van der Waals surface area (Å²) in [6.07, 6.45) is 1.16. The van der Waals surface area contributed by atoms with Crippen molar-refractivity contribution in [2.24, 2.45) is 0 Å². The van der Waals surface area contributed by atoms with Crippen LogP contribution in [-0.2, 0) is 14.8 Å². The average Bonchev–Trinajstić information content (AvgIpc) is 2.60. The van der Waals surface area contributed by atoms with Crippen LogP contribution in [0.1, 0.15) is 24.5 Å². The molecule has 0 bridgehead atoms. The Kier molecular flexibility index (Phi) is 6.40. The Hall–Kier alpha value is -2.94. The number of aryl methyl sites for hydroxylation is 2. The second kappa shape index (κ2) is 8.39. The maximum atomic E-state index is 12.9. The first-order valence-corrected chi connectivity index (χ1v) is 10.5. The highest BCUT2D eigenvalue weighted by Gasteiger charge is 2.32. The SMILES string of the molecule is CC[C@H](C(=O)Nc1ccc(C)cc1C)N(c1cccc([N+](=O)[O-])c1)S(C)(=O)=O. The summed E-state index contributed by atoms with van der Waals surface area (Å²) in [4.78, 5) is 23.4. The first-order chi connectivity index (χ1) is 13.0. The number of anilines is 2. The van der Waals surface area contributed by atoms with Crippen molar-refractivity contribution >= 4 is 33.0 Å². The molecule has 0 aliphatic rings. The highest BCUT2D eigenvalue weighted by molar-refractivity contribution is 7.92. The molecule has 2 rings (SSSR count). The van der Waals surface area contributed by atoms with Crippen molar-refractivity contribution < 1.29 is 18.1 Å². The Balaban J connectivity index is 2.44. The molecule has 8 nitrogen and oxygen atoms in total. The lowest BCUT2D eigenvalue weighted by Gasteiger charge is -2.30. The predicted molar refractivity (Wildman–Crippen MR) is 109 cm³/mol. The van der Waals surface area contributed by atoms with Gasteiger partial charge in [0.1, 0.15) is 6.04 Å². The minimum Gasteiger partial charge on any atom is -0.324 e. The van der Waals surface area contributed by atoms with Gasteiger partial charge in [-0.15, -0.1) is 0 Å². The second-order valence-corrected chi connectivity index (χ2v) is 8.43. The normalized spacial score (nSPS) is 12.3. The lowest BCUT2D eigenvalue weighted by molar-refractivity contribution is -0.384. The quantitative estimate of drug-likeness (QED) is 0.561. The van der Waals surface area contributed by atoms with Crippen LogP contribution in [-0.4, -0.2) is 31.5 Å². The lowest BCUT2D eigenvalue weighted by atomic mass is 10.1. The van der Waals surface area contributed by atoms with Crippen LogP contribution in [0.5, 0.6) is 0 Å². The van der Waals surface area contributed by atoms with Crippen molar-refractivity contribution in [3.8, 4) is 0 Å². The Morgan fingerprint density at radius 2 is 1.89 bits per heavy atom. The summed E-state index contributed by atoms with van der Waals surface area (Å²) in [5, 5.41) is 13.8. The molecule has 150 valence electrons. The van der Waals surface area contributed by atoms with Gasteiger partial charge in [-0.05, 0) is 38.0 Å². The molecule has 1 N–H and O–H groups in total. The van der Waals surface area contributed by atoms with E-state index in [1.807, 2.05) is 26.0 Å². The predicted octanol–water partition coefficient (Wildman–Crippen LogP) is 3.39. The topological polar surface area (TPSA) is 110 Å². The Morgan fingerprint density at radius 3 is 2.43 bits per heavy atom. The van der Waals surface area contributed by atoms with Crippen LogP contribution in [0.25, 0.3) is 0 Å². The second-order valence-electron chi connectivity index (χ2n) is 6.57. The fourth-order valence-corrected chi connectivity index (χ4v) is 4.18. The summed E-state index contributed by atoms with van der Waals surface area (Å²) in [5.41, 5.74) is 2.29. The number of rotatable bonds is 7. The molecule has 0 radical (unpaired) electrons. The molecule has 0 saturated heterocycles. The van der Waals surface area contributed by atoms with Crippen molar-refractivity contribution in [3.05, 3.63) is 63.7 Å². The number of carbonyl (C=O) groups is 1. The molecular weight excluding hydrogens is 382 g/mol. The molecular formula is C19H23N3O5S. The average molecular weight is 405 g/mol. The smallest absolute Gasteiger partial charge is 0.271 e. The molecule has 1 amide bonds. The van der Waals surface area contributed by atoms with E-state index in [2.05, 4.69) is 5.32 Å². The molecule has 9 heteroatoms. The van der Waals surface area contributed by atoms with E-state index in [1.54, 1.807) is 13.0 Å². The van der Waals surface area contributed by atoms with Gasteiger partial charge in [-0.3, -0.25) is 19.2 Å². The number of hydrogen-bond acceptors (Lipinski definition) is 5. The molecule has 0 aliphatic heterocycles. The van der Waals surface area contributed by atoms with Crippen molar-refractivity contribution in [1.82, 2.24) is 0 Å². The molecule has 0 spiro atoms. The Morgan fingerprint density at radius 1 is 1.21 bits per heavy atom. The highest BCUT2D eigenvalue weighted by atomic mass is 32.2. The van der Waals surface area contributed by atoms with Gasteiger partial charge >= 0.3 is 0 Å². The summed E-state index contributed by atoms with van der Waals surface area (Å²) < 4.78 is 25.8. The fourth-order valence-electron chi connectivity index (χ4n) is 2.97. The molecule has 2 aromatic carbocycles. The number of nitrogens with one attached hydrogen (secondary N) is 1. The summed E-state index contributed by atoms with van der Waals surface area (Å²) in [6, 6.07) is 9.69. The van der Waals surface area contributed by atoms with E-state index in [9.17, 15) is 23.3 Å². The Bertz CT molecular complexity index is 1000. The van der Waals surface area contributed by atoms with E-state index in [1.165, 1.54) is 18.2 Å². The summed E-state index contributed by atoms with van der Waals surface area (Å²) >= 11 is 0. The monoisotopic (exact) mass is 405 g/mol. The van der Waals surface area contributed by atoms with Crippen molar-refractivity contribution in [2.45, 2.75) is 33.2 Å². The third-order valence-corrected chi connectivity index (χ3v) is 5.44. The molecule has 1 atom stereocenters. The maximum Gasteiger partial charge on any atom is 0.271 e. The van der Waals surface area contributed by atoms with Crippen LogP contribution >= 0.6 is 0 Å². The van der Waals surface area contributed by atoms with Gasteiger partial charge in [0, 0.05) is 17.8 Å². The minimum absolute atomic E-state index is 0.0688. The first-order valence-electron chi connectivity index (χ1n) is 8.66. The highest BCUT2D eigenvalue weighted by Crippen LogP contribution is 2.27. The third kappa shape index (κ3) is 4.86. The fraction of sp³-hybridized carbons (Fsp3) is 0.316. The van der Waals surface area contributed by atoms with Gasteiger partial charge in [-0.25, -0.2) is 8.42 Å². The van der Waals surface area contributed by atoms with E-state index in [4.69, 9.17) is 0 Å². The van der Waals surface area contributed by atoms with E-state index >= 15 is 0 Å². The lowest BCUT2D eigenvalue weighted by Crippen LogP contribution is -2.47. The number of amides is 1. The van der Waals surface area contributed by atoms with E-state index < -0.39 is 26.9 Å². The van der Waals surface area contributed by atoms with Gasteiger partial charge in [0.25, 0.3) is 5.69 Å². The van der Waals surface area contributed by atoms with Gasteiger partial charge in [-0.2, -0.15) is 0 Å². The van der Waals surface area contributed by atoms with Crippen LogP contribution in [0.4, 0.5) is 17.1 Å². The Labute approximate surface area is 164 Å². The molecule has 0 fully saturated rings. The minimum atomic E-state index is -3.88. The number of nitro groups is 1. The number of nitrogens with zero attached hydrogens (tertiary/aromatic N) is 2. The zero-order valence-electron chi connectivity index (χ0n) is 16.2. The van der Waals surface area contributed by atoms with Crippen molar-refractivity contribution in [2.75, 3.05) is 15.9 Å².